The van der Waals surface area contributed by atoms with E-state index in [4.69, 9.17) is 14.2 Å². The van der Waals surface area contributed by atoms with Crippen molar-refractivity contribution >= 4 is 11.9 Å². The molecule has 1 amide bonds. The average Bonchev–Trinajstić information content (AvgIpc) is 3.48. The van der Waals surface area contributed by atoms with E-state index < -0.39 is 23.9 Å². The van der Waals surface area contributed by atoms with E-state index in [-0.39, 0.29) is 31.6 Å². The number of rotatable bonds is 9. The first kappa shape index (κ1) is 26.7. The van der Waals surface area contributed by atoms with Gasteiger partial charge in [0, 0.05) is 24.1 Å². The summed E-state index contributed by atoms with van der Waals surface area (Å²) in [6, 6.07) is 18.0. The zero-order valence-corrected chi connectivity index (χ0v) is 21.8. The van der Waals surface area contributed by atoms with Gasteiger partial charge in [0.2, 0.25) is 0 Å². The van der Waals surface area contributed by atoms with Gasteiger partial charge < -0.3 is 24.2 Å². The van der Waals surface area contributed by atoms with Crippen molar-refractivity contribution in [2.45, 2.75) is 63.5 Å². The molecular formula is C31H32FNO6. The van der Waals surface area contributed by atoms with Gasteiger partial charge >= 0.3 is 5.97 Å². The monoisotopic (exact) mass is 533 g/mol. The maximum Gasteiger partial charge on any atom is 0.326 e. The van der Waals surface area contributed by atoms with Crippen molar-refractivity contribution in [1.29, 1.82) is 0 Å². The van der Waals surface area contributed by atoms with Crippen molar-refractivity contribution in [3.63, 3.8) is 0 Å². The lowest BCUT2D eigenvalue weighted by Crippen LogP contribution is -2.50. The van der Waals surface area contributed by atoms with Crippen LogP contribution in [0.15, 0.2) is 66.7 Å². The third kappa shape index (κ3) is 5.76. The van der Waals surface area contributed by atoms with Crippen LogP contribution >= 0.6 is 0 Å². The molecule has 0 radical (unpaired) electrons. The van der Waals surface area contributed by atoms with Crippen LogP contribution in [-0.4, -0.2) is 41.1 Å². The van der Waals surface area contributed by atoms with Crippen molar-refractivity contribution in [3.8, 4) is 11.5 Å². The zero-order valence-electron chi connectivity index (χ0n) is 21.8. The van der Waals surface area contributed by atoms with Gasteiger partial charge in [0.15, 0.2) is 17.6 Å². The minimum absolute atomic E-state index is 0.0190. The number of hydrogen-bond acceptors (Lipinski definition) is 5. The molecule has 3 aromatic rings. The molecule has 5 rings (SSSR count). The molecule has 0 saturated heterocycles. The predicted octanol–water partition coefficient (Wildman–Crippen LogP) is 5.45. The van der Waals surface area contributed by atoms with E-state index in [0.29, 0.717) is 28.2 Å². The molecule has 1 saturated carbocycles. The number of carboxylic acid groups (broad SMARTS) is 1. The number of carboxylic acids is 1. The Balaban J connectivity index is 1.46. The smallest absolute Gasteiger partial charge is 0.326 e. The van der Waals surface area contributed by atoms with Crippen LogP contribution in [0.25, 0.3) is 0 Å². The Morgan fingerprint density at radius 1 is 1.03 bits per heavy atom. The van der Waals surface area contributed by atoms with E-state index in [1.54, 1.807) is 24.3 Å². The van der Waals surface area contributed by atoms with Crippen LogP contribution in [0.4, 0.5) is 4.39 Å². The van der Waals surface area contributed by atoms with Gasteiger partial charge in [-0.15, -0.1) is 0 Å². The molecule has 0 spiro atoms. The molecule has 1 heterocycles. The van der Waals surface area contributed by atoms with Gasteiger partial charge in [0.05, 0.1) is 13.2 Å². The van der Waals surface area contributed by atoms with Gasteiger partial charge in [-0.3, -0.25) is 4.79 Å². The fraction of sp³-hybridized carbons (Fsp3) is 0.355. The Bertz CT molecular complexity index is 1320. The van der Waals surface area contributed by atoms with Gasteiger partial charge in [-0.25, -0.2) is 9.18 Å². The van der Waals surface area contributed by atoms with E-state index in [1.165, 1.54) is 18.1 Å². The second-order valence-electron chi connectivity index (χ2n) is 9.97. The first-order valence-corrected chi connectivity index (χ1v) is 13.2. The summed E-state index contributed by atoms with van der Waals surface area (Å²) in [6.45, 7) is 0.0216. The lowest BCUT2D eigenvalue weighted by molar-refractivity contribution is -0.160. The number of ether oxygens (including phenoxy) is 3. The van der Waals surface area contributed by atoms with Crippen LogP contribution in [0.3, 0.4) is 0 Å². The molecule has 204 valence electrons. The molecule has 39 heavy (non-hydrogen) atoms. The van der Waals surface area contributed by atoms with E-state index in [0.717, 1.165) is 31.2 Å². The Morgan fingerprint density at radius 2 is 1.74 bits per heavy atom. The predicted molar refractivity (Wildman–Crippen MR) is 142 cm³/mol. The first-order valence-electron chi connectivity index (χ1n) is 13.2. The molecular weight excluding hydrogens is 501 g/mol. The Morgan fingerprint density at radius 3 is 2.44 bits per heavy atom. The highest BCUT2D eigenvalue weighted by molar-refractivity contribution is 5.88. The maximum atomic E-state index is 14.2. The van der Waals surface area contributed by atoms with Crippen molar-refractivity contribution in [3.05, 3.63) is 94.8 Å². The van der Waals surface area contributed by atoms with E-state index in [1.807, 2.05) is 36.4 Å². The number of carbonyl (C=O) groups is 2. The topological polar surface area (TPSA) is 85.3 Å². The van der Waals surface area contributed by atoms with Crippen molar-refractivity contribution in [2.24, 2.45) is 0 Å². The minimum Gasteiger partial charge on any atom is -0.493 e. The highest BCUT2D eigenvalue weighted by atomic mass is 19.1. The van der Waals surface area contributed by atoms with Crippen LogP contribution in [0.5, 0.6) is 11.5 Å². The van der Waals surface area contributed by atoms with Crippen LogP contribution in [0.1, 0.15) is 54.0 Å². The van der Waals surface area contributed by atoms with E-state index in [9.17, 15) is 19.1 Å². The summed E-state index contributed by atoms with van der Waals surface area (Å²) >= 11 is 0. The van der Waals surface area contributed by atoms with Gasteiger partial charge in [0.1, 0.15) is 18.5 Å². The third-order valence-corrected chi connectivity index (χ3v) is 7.51. The number of methoxy groups -OCH3 is 1. The molecule has 1 aliphatic carbocycles. The SMILES string of the molecule is COc1ccc2c(c1OCc1ccccc1F)C[C@@H](C(=O)O)N(C(=O)[C@H](OC1CCCC1)c1ccccc1)C2. The Labute approximate surface area is 227 Å². The largest absolute Gasteiger partial charge is 0.493 e. The first-order chi connectivity index (χ1) is 19.0. The number of nitrogens with zero attached hydrogens (tertiary/aromatic N) is 1. The minimum atomic E-state index is -1.13. The van der Waals surface area contributed by atoms with Crippen LogP contribution in [-0.2, 0) is 33.9 Å². The molecule has 0 aromatic heterocycles. The molecule has 1 fully saturated rings. The molecule has 0 unspecified atom stereocenters. The second-order valence-corrected chi connectivity index (χ2v) is 9.97. The number of aliphatic carboxylic acids is 1. The van der Waals surface area contributed by atoms with Crippen LogP contribution in [0, 0.1) is 5.82 Å². The van der Waals surface area contributed by atoms with E-state index in [2.05, 4.69) is 0 Å². The fourth-order valence-electron chi connectivity index (χ4n) is 5.43. The number of halogens is 1. The molecule has 8 heteroatoms. The number of benzene rings is 3. The summed E-state index contributed by atoms with van der Waals surface area (Å²) in [5.74, 6) is -1.12. The molecule has 2 atom stereocenters. The zero-order chi connectivity index (χ0) is 27.4. The second kappa shape index (κ2) is 11.9. The van der Waals surface area contributed by atoms with Gasteiger partial charge in [0.25, 0.3) is 5.91 Å². The van der Waals surface area contributed by atoms with Crippen molar-refractivity contribution in [1.82, 2.24) is 4.90 Å². The number of carbonyl (C=O) groups excluding carboxylic acids is 1. The summed E-state index contributed by atoms with van der Waals surface area (Å²) in [6.07, 6.45) is 2.94. The number of hydrogen-bond donors (Lipinski definition) is 1. The van der Waals surface area contributed by atoms with Gasteiger partial charge in [-0.05, 0) is 36.1 Å². The lowest BCUT2D eigenvalue weighted by atomic mass is 9.91. The van der Waals surface area contributed by atoms with Crippen molar-refractivity contribution < 1.29 is 33.3 Å². The quantitative estimate of drug-likeness (QED) is 0.394. The highest BCUT2D eigenvalue weighted by Gasteiger charge is 2.41. The van der Waals surface area contributed by atoms with Gasteiger partial charge in [-0.1, -0.05) is 67.4 Å². The number of fused-ring (bicyclic) bond motifs is 1. The maximum absolute atomic E-state index is 14.2. The molecule has 1 N–H and O–H groups in total. The molecule has 2 aliphatic rings. The Hall–Kier alpha value is -3.91. The molecule has 0 bridgehead atoms. The fourth-order valence-corrected chi connectivity index (χ4v) is 5.43. The molecule has 3 aromatic carbocycles. The average molecular weight is 534 g/mol. The van der Waals surface area contributed by atoms with Gasteiger partial charge in [-0.2, -0.15) is 0 Å². The molecule has 7 nitrogen and oxygen atoms in total. The van der Waals surface area contributed by atoms with Crippen LogP contribution in [0.2, 0.25) is 0 Å². The molecule has 1 aliphatic heterocycles. The Kier molecular flexibility index (Phi) is 8.12. The highest BCUT2D eigenvalue weighted by Crippen LogP contribution is 2.40. The summed E-state index contributed by atoms with van der Waals surface area (Å²) in [4.78, 5) is 27.9. The summed E-state index contributed by atoms with van der Waals surface area (Å²) in [5.41, 5.74) is 2.45. The third-order valence-electron chi connectivity index (χ3n) is 7.51. The summed E-state index contributed by atoms with van der Waals surface area (Å²) < 4.78 is 32.1. The normalized spacial score (nSPS) is 17.9. The lowest BCUT2D eigenvalue weighted by Gasteiger charge is -2.37. The summed E-state index contributed by atoms with van der Waals surface area (Å²) in [5, 5.41) is 10.2. The van der Waals surface area contributed by atoms with Crippen LogP contribution < -0.4 is 9.47 Å². The summed E-state index contributed by atoms with van der Waals surface area (Å²) in [7, 11) is 1.50. The number of amides is 1. The standard InChI is InChI=1S/C31H32FNO6/c1-37-27-16-15-21-18-33(30(34)28(20-9-3-2-4-10-20)39-23-12-6-7-13-23)26(31(35)36)17-24(21)29(27)38-19-22-11-5-8-14-25(22)32/h2-5,8-11,14-16,23,26,28H,6-7,12-13,17-19H2,1H3,(H,35,36)/t26-,28+/m0/s1. The van der Waals surface area contributed by atoms with E-state index >= 15 is 0 Å². The van der Waals surface area contributed by atoms with Crippen molar-refractivity contribution in [2.75, 3.05) is 7.11 Å².